The molecule has 0 spiro atoms. The second-order valence-electron chi connectivity index (χ2n) is 15.5. The minimum absolute atomic E-state index is 0.345. The van der Waals surface area contributed by atoms with Crippen molar-refractivity contribution in [3.8, 4) is 45.2 Å². The highest BCUT2D eigenvalue weighted by Crippen LogP contribution is 2.44. The van der Waals surface area contributed by atoms with Gasteiger partial charge in [-0.2, -0.15) is 0 Å². The van der Waals surface area contributed by atoms with E-state index in [1.165, 1.54) is 37.1 Å². The summed E-state index contributed by atoms with van der Waals surface area (Å²) in [6.45, 7) is -0.345. The molecule has 9 aromatic carbocycles. The lowest BCUT2D eigenvalue weighted by Gasteiger charge is -2.37. The summed E-state index contributed by atoms with van der Waals surface area (Å²) < 4.78 is 16.7. The topological polar surface area (TPSA) is 23.4 Å². The van der Waals surface area contributed by atoms with Crippen molar-refractivity contribution in [2.75, 3.05) is 0 Å². The van der Waals surface area contributed by atoms with Crippen molar-refractivity contribution in [2.45, 2.75) is 0 Å². The summed E-state index contributed by atoms with van der Waals surface area (Å²) in [5.41, 5.74) is 9.87. The predicted molar refractivity (Wildman–Crippen MR) is 247 cm³/mol. The number of fused-ring (bicyclic) bond motifs is 7. The summed E-state index contributed by atoms with van der Waals surface area (Å²) in [5, 5.41) is 7.76. The zero-order valence-electron chi connectivity index (χ0n) is 32.1. The molecule has 59 heavy (non-hydrogen) atoms. The van der Waals surface area contributed by atoms with E-state index in [-0.39, 0.29) is 6.92 Å². The van der Waals surface area contributed by atoms with Crippen LogP contribution in [0.4, 0.5) is 0 Å². The zero-order chi connectivity index (χ0) is 38.9. The van der Waals surface area contributed by atoms with Crippen LogP contribution in [0.3, 0.4) is 0 Å². The summed E-state index contributed by atoms with van der Waals surface area (Å²) in [6, 6.07) is 79.4. The highest BCUT2D eigenvalue weighted by molar-refractivity contribution is 7.20. The van der Waals surface area contributed by atoms with Gasteiger partial charge in [0.1, 0.15) is 17.2 Å². The van der Waals surface area contributed by atoms with Crippen molar-refractivity contribution >= 4 is 68.5 Å². The maximum absolute atomic E-state index is 7.34. The summed E-state index contributed by atoms with van der Waals surface area (Å²) in [5.74, 6) is 2.51. The monoisotopic (exact) mass is 769 g/mol. The van der Waals surface area contributed by atoms with Crippen molar-refractivity contribution in [1.82, 2.24) is 4.57 Å². The van der Waals surface area contributed by atoms with Gasteiger partial charge in [-0.3, -0.25) is 0 Å². The molecule has 2 aliphatic rings. The molecular weight excluding hydrogens is 733 g/mol. The fourth-order valence-electron chi connectivity index (χ4n) is 9.98. The average Bonchev–Trinajstić information content (AvgIpc) is 3.64. The first-order valence-corrected chi connectivity index (χ1v) is 22.3. The van der Waals surface area contributed by atoms with Crippen molar-refractivity contribution in [1.29, 1.82) is 0 Å². The molecule has 3 nitrogen and oxygen atoms in total. The van der Waals surface area contributed by atoms with Gasteiger partial charge in [0.2, 0.25) is 0 Å². The van der Waals surface area contributed by atoms with E-state index in [2.05, 4.69) is 223 Å². The number of hydrogen-bond acceptors (Lipinski definition) is 2. The Kier molecular flexibility index (Phi) is 7.65. The second-order valence-corrected chi connectivity index (χ2v) is 19.3. The maximum atomic E-state index is 7.34. The Morgan fingerprint density at radius 1 is 0.424 bits per heavy atom. The van der Waals surface area contributed by atoms with Gasteiger partial charge >= 0.3 is 6.92 Å². The Labute approximate surface area is 344 Å². The number of aromatic nitrogens is 1. The molecule has 2 aliphatic heterocycles. The minimum Gasteiger partial charge on any atom is -0.551 e. The largest absolute Gasteiger partial charge is 0.551 e. The molecule has 0 saturated carbocycles. The van der Waals surface area contributed by atoms with E-state index >= 15 is 0 Å². The van der Waals surface area contributed by atoms with Crippen LogP contribution in [0.25, 0.3) is 49.7 Å². The van der Waals surface area contributed by atoms with Gasteiger partial charge < -0.3 is 14.0 Å². The van der Waals surface area contributed by atoms with Crippen LogP contribution in [0.1, 0.15) is 0 Å². The minimum atomic E-state index is -2.89. The van der Waals surface area contributed by atoms with Crippen LogP contribution in [0.5, 0.6) is 17.2 Å². The first-order valence-electron chi connectivity index (χ1n) is 20.3. The summed E-state index contributed by atoms with van der Waals surface area (Å²) in [7, 11) is -2.89. The Balaban J connectivity index is 1.13. The van der Waals surface area contributed by atoms with Crippen LogP contribution in [0.15, 0.2) is 218 Å². The number of rotatable bonds is 6. The highest BCUT2D eigenvalue weighted by atomic mass is 28.3. The van der Waals surface area contributed by atoms with E-state index in [1.54, 1.807) is 0 Å². The third-order valence-corrected chi connectivity index (χ3v) is 17.3. The van der Waals surface area contributed by atoms with Gasteiger partial charge in [-0.15, -0.1) is 0 Å². The first-order chi connectivity index (χ1) is 29.3. The van der Waals surface area contributed by atoms with Crippen molar-refractivity contribution in [3.63, 3.8) is 0 Å². The van der Waals surface area contributed by atoms with Gasteiger partial charge in [0.15, 0.2) is 8.07 Å². The van der Waals surface area contributed by atoms with Crippen molar-refractivity contribution in [3.05, 3.63) is 218 Å². The summed E-state index contributed by atoms with van der Waals surface area (Å²) in [4.78, 5) is 0. The molecule has 0 bridgehead atoms. The van der Waals surface area contributed by atoms with Crippen LogP contribution >= 0.6 is 0 Å². The van der Waals surface area contributed by atoms with E-state index < -0.39 is 8.07 Å². The van der Waals surface area contributed by atoms with Crippen molar-refractivity contribution < 1.29 is 9.39 Å². The zero-order valence-corrected chi connectivity index (χ0v) is 33.1. The standard InChI is InChI=1S/C54H36BNO2Si/c1-4-19-38(20-5-1)59(39-21-6-2-7-22-39,40-23-8-3-9-24-40)52-34-17-13-25-41(52)37-35-45-44-28-12-16-33-50(44)58-55-46-29-18-32-49(54(46)57-51(36-37)53(45)55)56-47-30-14-10-26-42(47)43-27-11-15-31-48(43)56/h1-36H. The molecule has 0 atom stereocenters. The molecule has 3 heterocycles. The van der Waals surface area contributed by atoms with E-state index in [4.69, 9.17) is 9.39 Å². The van der Waals surface area contributed by atoms with E-state index in [0.29, 0.717) is 0 Å². The number of benzene rings is 9. The van der Waals surface area contributed by atoms with E-state index in [9.17, 15) is 0 Å². The van der Waals surface area contributed by atoms with Crippen LogP contribution in [-0.2, 0) is 0 Å². The quantitative estimate of drug-likeness (QED) is 0.125. The molecule has 0 saturated heterocycles. The Morgan fingerprint density at radius 2 is 0.966 bits per heavy atom. The summed E-state index contributed by atoms with van der Waals surface area (Å²) in [6.07, 6.45) is 0. The molecular formula is C54H36BNO2Si. The lowest BCUT2D eigenvalue weighted by atomic mass is 9.50. The molecule has 10 aromatic rings. The first kappa shape index (κ1) is 33.8. The fourth-order valence-corrected chi connectivity index (χ4v) is 15.0. The van der Waals surface area contributed by atoms with Gasteiger partial charge in [0.25, 0.3) is 0 Å². The number of hydrogen-bond donors (Lipinski definition) is 0. The molecule has 0 radical (unpaired) electrons. The van der Waals surface area contributed by atoms with Gasteiger partial charge in [-0.1, -0.05) is 182 Å². The van der Waals surface area contributed by atoms with Gasteiger partial charge in [-0.05, 0) is 73.8 Å². The maximum Gasteiger partial charge on any atom is 0.434 e. The van der Waals surface area contributed by atoms with Crippen LogP contribution in [-0.4, -0.2) is 19.6 Å². The Hall–Kier alpha value is -7.34. The molecule has 1 aromatic heterocycles. The van der Waals surface area contributed by atoms with Crippen LogP contribution in [0, 0.1) is 0 Å². The highest BCUT2D eigenvalue weighted by Gasteiger charge is 2.45. The molecule has 0 fully saturated rings. The number of nitrogens with zero attached hydrogens (tertiary/aromatic N) is 1. The molecule has 12 rings (SSSR count). The van der Waals surface area contributed by atoms with Gasteiger partial charge in [0.05, 0.1) is 16.7 Å². The number of ether oxygens (including phenoxy) is 1. The SMILES string of the molecule is c1ccc([Si](c2ccccc2)(c2ccccc2)c2ccccc2-c2cc3c4c(c2)-c2ccccc2OB4c2cccc(-n4c5ccccc5c5ccccc54)c2O3)cc1. The summed E-state index contributed by atoms with van der Waals surface area (Å²) >= 11 is 0. The molecule has 0 unspecified atom stereocenters. The predicted octanol–water partition coefficient (Wildman–Crippen LogP) is 9.10. The van der Waals surface area contributed by atoms with Crippen LogP contribution < -0.4 is 41.1 Å². The Morgan fingerprint density at radius 3 is 1.61 bits per heavy atom. The molecule has 5 heteroatoms. The second kappa shape index (κ2) is 13.4. The number of para-hydroxylation sites is 4. The molecule has 0 aliphatic carbocycles. The average molecular weight is 770 g/mol. The van der Waals surface area contributed by atoms with E-state index in [1.807, 2.05) is 0 Å². The smallest absolute Gasteiger partial charge is 0.434 e. The molecule has 0 amide bonds. The van der Waals surface area contributed by atoms with Gasteiger partial charge in [0, 0.05) is 27.3 Å². The lowest BCUT2D eigenvalue weighted by Crippen LogP contribution is -2.75. The Bertz CT molecular complexity index is 3090. The molecule has 0 N–H and O–H groups in total. The van der Waals surface area contributed by atoms with E-state index in [0.717, 1.165) is 61.6 Å². The van der Waals surface area contributed by atoms with Gasteiger partial charge in [-0.25, -0.2) is 0 Å². The third kappa shape index (κ3) is 5.02. The van der Waals surface area contributed by atoms with Crippen molar-refractivity contribution in [2.24, 2.45) is 0 Å². The van der Waals surface area contributed by atoms with Crippen LogP contribution in [0.2, 0.25) is 0 Å². The third-order valence-electron chi connectivity index (χ3n) is 12.4. The lowest BCUT2D eigenvalue weighted by molar-refractivity contribution is 0.478. The fraction of sp³-hybridized carbons (Fsp3) is 0. The normalized spacial score (nSPS) is 12.6. The molecule has 276 valence electrons.